The van der Waals surface area contributed by atoms with Gasteiger partial charge in [-0.1, -0.05) is 23.7 Å². The second-order valence-electron chi connectivity index (χ2n) is 7.16. The van der Waals surface area contributed by atoms with Crippen LogP contribution in [0, 0.1) is 11.3 Å². The zero-order chi connectivity index (χ0) is 19.6. The molecule has 1 aliphatic rings. The largest absolute Gasteiger partial charge is 0.326 e. The molecule has 0 radical (unpaired) electrons. The SMILES string of the molecule is CC(C)(C(=O)Nc1ccc2c(c1)NC(=O)CCC2)c1ccc(C#N)c(Cl)c1. The highest BCUT2D eigenvalue weighted by Crippen LogP contribution is 2.30. The van der Waals surface area contributed by atoms with Gasteiger partial charge in [-0.2, -0.15) is 5.26 Å². The summed E-state index contributed by atoms with van der Waals surface area (Å²) in [4.78, 5) is 24.7. The minimum atomic E-state index is -0.854. The Morgan fingerprint density at radius 2 is 2.00 bits per heavy atom. The van der Waals surface area contributed by atoms with Gasteiger partial charge in [0.25, 0.3) is 0 Å². The van der Waals surface area contributed by atoms with E-state index in [1.54, 1.807) is 38.1 Å². The van der Waals surface area contributed by atoms with Gasteiger partial charge in [0.15, 0.2) is 0 Å². The number of aryl methyl sites for hydroxylation is 1. The molecule has 0 saturated heterocycles. The van der Waals surface area contributed by atoms with Crippen molar-refractivity contribution in [2.24, 2.45) is 0 Å². The van der Waals surface area contributed by atoms with Gasteiger partial charge in [0.1, 0.15) is 6.07 Å². The van der Waals surface area contributed by atoms with Crippen LogP contribution in [0.5, 0.6) is 0 Å². The number of fused-ring (bicyclic) bond motifs is 1. The third-order valence-electron chi connectivity index (χ3n) is 4.87. The summed E-state index contributed by atoms with van der Waals surface area (Å²) in [6.45, 7) is 3.59. The molecule has 5 nitrogen and oxygen atoms in total. The summed E-state index contributed by atoms with van der Waals surface area (Å²) in [7, 11) is 0. The second-order valence-corrected chi connectivity index (χ2v) is 7.57. The van der Waals surface area contributed by atoms with E-state index in [0.29, 0.717) is 28.3 Å². The van der Waals surface area contributed by atoms with Crippen molar-refractivity contribution in [3.05, 3.63) is 58.1 Å². The Labute approximate surface area is 163 Å². The zero-order valence-electron chi connectivity index (χ0n) is 15.2. The van der Waals surface area contributed by atoms with Gasteiger partial charge in [-0.25, -0.2) is 0 Å². The van der Waals surface area contributed by atoms with Crippen molar-refractivity contribution < 1.29 is 9.59 Å². The van der Waals surface area contributed by atoms with Gasteiger partial charge in [0.05, 0.1) is 16.0 Å². The molecule has 27 heavy (non-hydrogen) atoms. The summed E-state index contributed by atoms with van der Waals surface area (Å²) in [5.41, 5.74) is 2.67. The standard InChI is InChI=1S/C21H20ClN3O2/c1-21(2,15-8-6-14(12-23)17(22)10-15)20(27)24-16-9-7-13-4-3-5-19(26)25-18(13)11-16/h6-11H,3-5H2,1-2H3,(H,24,27)(H,25,26). The number of carbonyl (C=O) groups is 2. The van der Waals surface area contributed by atoms with Gasteiger partial charge in [-0.05, 0) is 62.1 Å². The average molecular weight is 382 g/mol. The van der Waals surface area contributed by atoms with Crippen molar-refractivity contribution >= 4 is 34.8 Å². The first-order valence-electron chi connectivity index (χ1n) is 8.75. The summed E-state index contributed by atoms with van der Waals surface area (Å²) in [6.07, 6.45) is 2.15. The first kappa shape index (κ1) is 18.9. The van der Waals surface area contributed by atoms with E-state index >= 15 is 0 Å². The quantitative estimate of drug-likeness (QED) is 0.826. The summed E-state index contributed by atoms with van der Waals surface area (Å²) >= 11 is 6.11. The summed E-state index contributed by atoms with van der Waals surface area (Å²) in [5.74, 6) is -0.215. The number of anilines is 2. The van der Waals surface area contributed by atoms with Crippen LogP contribution in [0.1, 0.15) is 43.4 Å². The van der Waals surface area contributed by atoms with E-state index in [1.165, 1.54) is 0 Å². The van der Waals surface area contributed by atoms with Gasteiger partial charge in [0, 0.05) is 17.8 Å². The predicted octanol–water partition coefficient (Wildman–Crippen LogP) is 4.40. The molecule has 0 saturated carbocycles. The molecule has 0 aromatic heterocycles. The number of carbonyl (C=O) groups excluding carboxylic acids is 2. The molecule has 2 amide bonds. The van der Waals surface area contributed by atoms with E-state index in [1.807, 2.05) is 18.2 Å². The molecule has 1 aliphatic heterocycles. The number of benzene rings is 2. The van der Waals surface area contributed by atoms with Crippen LogP contribution in [0.4, 0.5) is 11.4 Å². The van der Waals surface area contributed by atoms with Crippen LogP contribution < -0.4 is 10.6 Å². The van der Waals surface area contributed by atoms with Crippen LogP contribution in [0.2, 0.25) is 5.02 Å². The zero-order valence-corrected chi connectivity index (χ0v) is 16.0. The molecule has 1 heterocycles. The number of hydrogen-bond donors (Lipinski definition) is 2. The molecule has 0 spiro atoms. The lowest BCUT2D eigenvalue weighted by molar-refractivity contribution is -0.120. The molecule has 6 heteroatoms. The minimum absolute atomic E-state index is 0.00946. The first-order chi connectivity index (χ1) is 12.8. The molecule has 2 aromatic rings. The van der Waals surface area contributed by atoms with Crippen molar-refractivity contribution in [3.63, 3.8) is 0 Å². The topological polar surface area (TPSA) is 82.0 Å². The Kier molecular flexibility index (Phi) is 5.20. The lowest BCUT2D eigenvalue weighted by Gasteiger charge is -2.25. The number of halogens is 1. The Morgan fingerprint density at radius 3 is 2.70 bits per heavy atom. The van der Waals surface area contributed by atoms with E-state index in [2.05, 4.69) is 10.6 Å². The molecule has 0 fully saturated rings. The fourth-order valence-electron chi connectivity index (χ4n) is 3.05. The van der Waals surface area contributed by atoms with Gasteiger partial charge >= 0.3 is 0 Å². The average Bonchev–Trinajstić information content (AvgIpc) is 2.81. The highest BCUT2D eigenvalue weighted by atomic mass is 35.5. The normalized spacial score (nSPS) is 13.8. The van der Waals surface area contributed by atoms with Crippen LogP contribution in [-0.4, -0.2) is 11.8 Å². The van der Waals surface area contributed by atoms with Crippen molar-refractivity contribution in [3.8, 4) is 6.07 Å². The van der Waals surface area contributed by atoms with Gasteiger partial charge in [0.2, 0.25) is 11.8 Å². The van der Waals surface area contributed by atoms with E-state index in [9.17, 15) is 9.59 Å². The summed E-state index contributed by atoms with van der Waals surface area (Å²) < 4.78 is 0. The third-order valence-corrected chi connectivity index (χ3v) is 5.18. The maximum Gasteiger partial charge on any atom is 0.234 e. The first-order valence-corrected chi connectivity index (χ1v) is 9.13. The maximum atomic E-state index is 12.9. The fraction of sp³-hybridized carbons (Fsp3) is 0.286. The van der Waals surface area contributed by atoms with E-state index < -0.39 is 5.41 Å². The van der Waals surface area contributed by atoms with Gasteiger partial charge < -0.3 is 10.6 Å². The molecule has 0 aliphatic carbocycles. The monoisotopic (exact) mass is 381 g/mol. The van der Waals surface area contributed by atoms with Crippen molar-refractivity contribution in [2.75, 3.05) is 10.6 Å². The van der Waals surface area contributed by atoms with Crippen molar-refractivity contribution in [1.82, 2.24) is 0 Å². The van der Waals surface area contributed by atoms with Gasteiger partial charge in [-0.3, -0.25) is 9.59 Å². The lowest BCUT2D eigenvalue weighted by atomic mass is 9.83. The fourth-order valence-corrected chi connectivity index (χ4v) is 3.28. The van der Waals surface area contributed by atoms with Crippen LogP contribution in [0.3, 0.4) is 0 Å². The van der Waals surface area contributed by atoms with E-state index in [4.69, 9.17) is 16.9 Å². The van der Waals surface area contributed by atoms with E-state index in [-0.39, 0.29) is 11.8 Å². The minimum Gasteiger partial charge on any atom is -0.326 e. The molecule has 2 N–H and O–H groups in total. The third kappa shape index (κ3) is 3.96. The van der Waals surface area contributed by atoms with Crippen LogP contribution >= 0.6 is 11.6 Å². The number of nitrogens with one attached hydrogen (secondary N) is 2. The highest BCUT2D eigenvalue weighted by Gasteiger charge is 2.30. The number of nitrogens with zero attached hydrogens (tertiary/aromatic N) is 1. The number of rotatable bonds is 3. The molecule has 3 rings (SSSR count). The highest BCUT2D eigenvalue weighted by molar-refractivity contribution is 6.31. The smallest absolute Gasteiger partial charge is 0.234 e. The molecule has 2 aromatic carbocycles. The Bertz CT molecular complexity index is 960. The van der Waals surface area contributed by atoms with Crippen LogP contribution in [-0.2, 0) is 21.4 Å². The summed E-state index contributed by atoms with van der Waals surface area (Å²) in [6, 6.07) is 12.6. The lowest BCUT2D eigenvalue weighted by Crippen LogP contribution is -2.34. The van der Waals surface area contributed by atoms with Crippen molar-refractivity contribution in [1.29, 1.82) is 5.26 Å². The van der Waals surface area contributed by atoms with E-state index in [0.717, 1.165) is 24.1 Å². The molecule has 0 unspecified atom stereocenters. The van der Waals surface area contributed by atoms with Crippen LogP contribution in [0.15, 0.2) is 36.4 Å². The van der Waals surface area contributed by atoms with Crippen LogP contribution in [0.25, 0.3) is 0 Å². The Morgan fingerprint density at radius 1 is 1.22 bits per heavy atom. The second kappa shape index (κ2) is 7.42. The molecule has 138 valence electrons. The molecule has 0 atom stereocenters. The summed E-state index contributed by atoms with van der Waals surface area (Å²) in [5, 5.41) is 15.1. The molecule has 0 bridgehead atoms. The maximum absolute atomic E-state index is 12.9. The Hall–Kier alpha value is -2.84. The Balaban J connectivity index is 1.83. The number of nitriles is 1. The molecular weight excluding hydrogens is 362 g/mol. The number of hydrogen-bond acceptors (Lipinski definition) is 3. The number of amides is 2. The molecular formula is C21H20ClN3O2. The van der Waals surface area contributed by atoms with Crippen molar-refractivity contribution in [2.45, 2.75) is 38.5 Å². The van der Waals surface area contributed by atoms with Gasteiger partial charge in [-0.15, -0.1) is 0 Å². The predicted molar refractivity (Wildman–Crippen MR) is 106 cm³/mol.